The van der Waals surface area contributed by atoms with Crippen molar-refractivity contribution in [3.05, 3.63) is 53.2 Å². The number of aromatic nitrogens is 2. The third kappa shape index (κ3) is 3.98. The molecule has 3 aromatic rings. The van der Waals surface area contributed by atoms with Gasteiger partial charge in [-0.05, 0) is 49.2 Å². The molecule has 0 bridgehead atoms. The van der Waals surface area contributed by atoms with Crippen molar-refractivity contribution >= 4 is 35.2 Å². The van der Waals surface area contributed by atoms with Crippen LogP contribution in [-0.4, -0.2) is 38.7 Å². The van der Waals surface area contributed by atoms with E-state index in [2.05, 4.69) is 10.2 Å². The van der Waals surface area contributed by atoms with Crippen LogP contribution in [0.5, 0.6) is 0 Å². The van der Waals surface area contributed by atoms with Gasteiger partial charge in [0.15, 0.2) is 5.76 Å². The molecule has 1 atom stereocenters. The SMILES string of the molecule is O=C(c1ccc(Cl)cc1)N1CCCC[C@H](Sc2nnc(-c3ccco3)o2)C1=O. The summed E-state index contributed by atoms with van der Waals surface area (Å²) in [7, 11) is 0. The summed E-state index contributed by atoms with van der Waals surface area (Å²) >= 11 is 7.06. The Bertz CT molecular complexity index is 971. The summed E-state index contributed by atoms with van der Waals surface area (Å²) in [6.07, 6.45) is 3.73. The first-order valence-electron chi connectivity index (χ1n) is 8.77. The van der Waals surface area contributed by atoms with Crippen molar-refractivity contribution in [1.29, 1.82) is 0 Å². The standard InChI is InChI=1S/C19H16ClN3O4S/c20-13-8-6-12(7-9-13)17(24)23-10-2-1-5-15(18(23)25)28-19-22-21-16(27-19)14-4-3-11-26-14/h3-4,6-9,11,15H,1-2,5,10H2/t15-/m0/s1. The minimum absolute atomic E-state index is 0.250. The number of thioether (sulfide) groups is 1. The molecule has 28 heavy (non-hydrogen) atoms. The molecule has 0 N–H and O–H groups in total. The van der Waals surface area contributed by atoms with Gasteiger partial charge in [0.25, 0.3) is 17.0 Å². The Morgan fingerprint density at radius 3 is 2.75 bits per heavy atom. The van der Waals surface area contributed by atoms with E-state index in [0.717, 1.165) is 12.8 Å². The zero-order valence-corrected chi connectivity index (χ0v) is 16.3. The lowest BCUT2D eigenvalue weighted by molar-refractivity contribution is -0.127. The maximum atomic E-state index is 13.0. The lowest BCUT2D eigenvalue weighted by Crippen LogP contribution is -2.41. The highest BCUT2D eigenvalue weighted by molar-refractivity contribution is 8.00. The van der Waals surface area contributed by atoms with Crippen LogP contribution in [0.1, 0.15) is 29.6 Å². The van der Waals surface area contributed by atoms with Gasteiger partial charge in [0.2, 0.25) is 5.91 Å². The van der Waals surface area contributed by atoms with Crippen molar-refractivity contribution in [2.24, 2.45) is 0 Å². The number of halogens is 1. The molecule has 1 aliphatic heterocycles. The number of likely N-dealkylation sites (tertiary alicyclic amines) is 1. The fourth-order valence-electron chi connectivity index (χ4n) is 2.95. The Hall–Kier alpha value is -2.58. The maximum absolute atomic E-state index is 13.0. The molecule has 1 fully saturated rings. The predicted octanol–water partition coefficient (Wildman–Crippen LogP) is 4.30. The number of furan rings is 1. The average Bonchev–Trinajstić information content (AvgIpc) is 3.35. The van der Waals surface area contributed by atoms with E-state index in [1.807, 2.05) is 0 Å². The molecule has 9 heteroatoms. The number of carbonyl (C=O) groups excluding carboxylic acids is 2. The highest BCUT2D eigenvalue weighted by Crippen LogP contribution is 2.31. The van der Waals surface area contributed by atoms with Crippen LogP contribution in [0, 0.1) is 0 Å². The number of amides is 2. The van der Waals surface area contributed by atoms with Crippen molar-refractivity contribution in [3.63, 3.8) is 0 Å². The molecule has 1 aromatic carbocycles. The first-order chi connectivity index (χ1) is 13.6. The van der Waals surface area contributed by atoms with Crippen molar-refractivity contribution < 1.29 is 18.4 Å². The van der Waals surface area contributed by atoms with E-state index < -0.39 is 5.25 Å². The van der Waals surface area contributed by atoms with E-state index in [9.17, 15) is 9.59 Å². The Labute approximate surface area is 170 Å². The summed E-state index contributed by atoms with van der Waals surface area (Å²) in [6.45, 7) is 0.388. The molecule has 1 saturated heterocycles. The third-order valence-corrected chi connectivity index (χ3v) is 5.70. The number of carbonyl (C=O) groups is 2. The topological polar surface area (TPSA) is 89.4 Å². The minimum Gasteiger partial charge on any atom is -0.459 e. The van der Waals surface area contributed by atoms with Gasteiger partial charge in [0.1, 0.15) is 0 Å². The molecule has 0 unspecified atom stereocenters. The number of imide groups is 1. The van der Waals surface area contributed by atoms with E-state index in [-0.39, 0.29) is 22.9 Å². The van der Waals surface area contributed by atoms with Gasteiger partial charge >= 0.3 is 0 Å². The Morgan fingerprint density at radius 2 is 2.00 bits per heavy atom. The van der Waals surface area contributed by atoms with Gasteiger partial charge in [0.05, 0.1) is 11.5 Å². The molecule has 2 aromatic heterocycles. The first kappa shape index (κ1) is 18.8. The van der Waals surface area contributed by atoms with Gasteiger partial charge in [-0.1, -0.05) is 29.8 Å². The van der Waals surface area contributed by atoms with Crippen LogP contribution in [0.4, 0.5) is 0 Å². The Kier molecular flexibility index (Phi) is 5.50. The number of benzene rings is 1. The predicted molar refractivity (Wildman–Crippen MR) is 103 cm³/mol. The summed E-state index contributed by atoms with van der Waals surface area (Å²) in [5.41, 5.74) is 0.432. The van der Waals surface area contributed by atoms with Crippen LogP contribution in [0.3, 0.4) is 0 Å². The second-order valence-electron chi connectivity index (χ2n) is 6.25. The summed E-state index contributed by atoms with van der Waals surface area (Å²) in [4.78, 5) is 27.1. The lowest BCUT2D eigenvalue weighted by atomic mass is 10.2. The minimum atomic E-state index is -0.469. The molecular weight excluding hydrogens is 402 g/mol. The molecule has 4 rings (SSSR count). The number of nitrogens with zero attached hydrogens (tertiary/aromatic N) is 3. The molecular formula is C19H16ClN3O4S. The summed E-state index contributed by atoms with van der Waals surface area (Å²) in [5, 5.41) is 8.27. The summed E-state index contributed by atoms with van der Waals surface area (Å²) in [5.74, 6) is 0.143. The smallest absolute Gasteiger partial charge is 0.284 e. The van der Waals surface area contributed by atoms with E-state index in [1.165, 1.54) is 22.9 Å². The zero-order valence-electron chi connectivity index (χ0n) is 14.7. The van der Waals surface area contributed by atoms with E-state index in [4.69, 9.17) is 20.4 Å². The second-order valence-corrected chi connectivity index (χ2v) is 7.85. The molecule has 1 aliphatic rings. The molecule has 144 valence electrons. The molecule has 0 spiro atoms. The maximum Gasteiger partial charge on any atom is 0.284 e. The summed E-state index contributed by atoms with van der Waals surface area (Å²) in [6, 6.07) is 9.96. The van der Waals surface area contributed by atoms with Crippen molar-refractivity contribution in [1.82, 2.24) is 15.1 Å². The number of hydrogen-bond donors (Lipinski definition) is 0. The zero-order chi connectivity index (χ0) is 19.5. The normalized spacial score (nSPS) is 17.5. The van der Waals surface area contributed by atoms with Gasteiger partial charge in [-0.3, -0.25) is 14.5 Å². The Balaban J connectivity index is 1.50. The lowest BCUT2D eigenvalue weighted by Gasteiger charge is -2.21. The van der Waals surface area contributed by atoms with Gasteiger partial charge in [0, 0.05) is 17.1 Å². The highest BCUT2D eigenvalue weighted by atomic mass is 35.5. The molecule has 3 heterocycles. The van der Waals surface area contributed by atoms with Crippen molar-refractivity contribution in [2.45, 2.75) is 29.7 Å². The molecule has 7 nitrogen and oxygen atoms in total. The molecule has 2 amide bonds. The van der Waals surface area contributed by atoms with Crippen molar-refractivity contribution in [2.75, 3.05) is 6.54 Å². The van der Waals surface area contributed by atoms with Crippen LogP contribution in [0.15, 0.2) is 56.7 Å². The molecule has 0 radical (unpaired) electrons. The quantitative estimate of drug-likeness (QED) is 0.584. The van der Waals surface area contributed by atoms with Crippen LogP contribution in [-0.2, 0) is 4.79 Å². The fraction of sp³-hybridized carbons (Fsp3) is 0.263. The van der Waals surface area contributed by atoms with Gasteiger partial charge in [-0.2, -0.15) is 0 Å². The van der Waals surface area contributed by atoms with E-state index >= 15 is 0 Å². The van der Waals surface area contributed by atoms with Crippen molar-refractivity contribution in [3.8, 4) is 11.7 Å². The van der Waals surface area contributed by atoms with Crippen LogP contribution in [0.25, 0.3) is 11.7 Å². The monoisotopic (exact) mass is 417 g/mol. The van der Waals surface area contributed by atoms with E-state index in [1.54, 1.807) is 36.4 Å². The highest BCUT2D eigenvalue weighted by Gasteiger charge is 2.33. The van der Waals surface area contributed by atoms with Crippen LogP contribution >= 0.6 is 23.4 Å². The molecule has 0 aliphatic carbocycles. The number of rotatable bonds is 4. The van der Waals surface area contributed by atoms with Crippen LogP contribution < -0.4 is 0 Å². The summed E-state index contributed by atoms with van der Waals surface area (Å²) < 4.78 is 10.8. The van der Waals surface area contributed by atoms with Gasteiger partial charge in [-0.25, -0.2) is 0 Å². The third-order valence-electron chi connectivity index (χ3n) is 4.36. The Morgan fingerprint density at radius 1 is 1.18 bits per heavy atom. The van der Waals surface area contributed by atoms with Crippen LogP contribution in [0.2, 0.25) is 5.02 Å². The largest absolute Gasteiger partial charge is 0.459 e. The fourth-order valence-corrected chi connectivity index (χ4v) is 4.04. The van der Waals surface area contributed by atoms with E-state index in [0.29, 0.717) is 29.3 Å². The van der Waals surface area contributed by atoms with Gasteiger partial charge < -0.3 is 8.83 Å². The molecule has 0 saturated carbocycles. The van der Waals surface area contributed by atoms with Gasteiger partial charge in [-0.15, -0.1) is 10.2 Å². The number of hydrogen-bond acceptors (Lipinski definition) is 7. The second kappa shape index (κ2) is 8.20. The first-order valence-corrected chi connectivity index (χ1v) is 10.0. The average molecular weight is 418 g/mol.